The van der Waals surface area contributed by atoms with E-state index in [4.69, 9.17) is 4.74 Å². The summed E-state index contributed by atoms with van der Waals surface area (Å²) in [7, 11) is 0. The van der Waals surface area contributed by atoms with E-state index >= 15 is 0 Å². The fourth-order valence-electron chi connectivity index (χ4n) is 3.16. The van der Waals surface area contributed by atoms with Crippen molar-refractivity contribution >= 4 is 15.9 Å². The van der Waals surface area contributed by atoms with Gasteiger partial charge in [0.15, 0.2) is 0 Å². The number of hydrogen-bond acceptors (Lipinski definition) is 1. The van der Waals surface area contributed by atoms with Crippen molar-refractivity contribution in [1.29, 1.82) is 0 Å². The highest BCUT2D eigenvalue weighted by atomic mass is 79.9. The molecular formula is C16H31BrO. The Hall–Kier alpha value is 0.440. The van der Waals surface area contributed by atoms with Crippen LogP contribution in [0.4, 0.5) is 0 Å². The van der Waals surface area contributed by atoms with Gasteiger partial charge >= 0.3 is 0 Å². The molecule has 1 nitrogen and oxygen atoms in total. The van der Waals surface area contributed by atoms with Crippen LogP contribution in [0.15, 0.2) is 0 Å². The summed E-state index contributed by atoms with van der Waals surface area (Å²) < 4.78 is 6.24. The van der Waals surface area contributed by atoms with E-state index in [0.717, 1.165) is 17.9 Å². The lowest BCUT2D eigenvalue weighted by atomic mass is 9.71. The maximum absolute atomic E-state index is 6.24. The number of halogens is 1. The van der Waals surface area contributed by atoms with Crippen LogP contribution in [-0.4, -0.2) is 18.0 Å². The first-order valence-electron chi connectivity index (χ1n) is 7.31. The third-order valence-corrected chi connectivity index (χ3v) is 5.07. The zero-order valence-corrected chi connectivity index (χ0v) is 14.6. The van der Waals surface area contributed by atoms with E-state index in [9.17, 15) is 0 Å². The first kappa shape index (κ1) is 16.5. The Balaban J connectivity index is 2.47. The van der Waals surface area contributed by atoms with E-state index in [1.165, 1.54) is 19.3 Å². The van der Waals surface area contributed by atoms with E-state index in [2.05, 4.69) is 57.5 Å². The highest BCUT2D eigenvalue weighted by molar-refractivity contribution is 9.09. The van der Waals surface area contributed by atoms with Crippen LogP contribution in [0.25, 0.3) is 0 Å². The first-order chi connectivity index (χ1) is 8.14. The molecule has 1 rings (SSSR count). The standard InChI is InChI=1S/C16H31BrO/c1-12-7-14(9-16(5,6)8-12)18-11-13(10-17)15(2,3)4/h12-14H,7-11H2,1-6H3. The molecule has 18 heavy (non-hydrogen) atoms. The lowest BCUT2D eigenvalue weighted by molar-refractivity contribution is -0.0459. The van der Waals surface area contributed by atoms with Gasteiger partial charge in [0.2, 0.25) is 0 Å². The van der Waals surface area contributed by atoms with Crippen molar-refractivity contribution in [2.45, 2.75) is 66.9 Å². The quantitative estimate of drug-likeness (QED) is 0.641. The molecular weight excluding hydrogens is 288 g/mol. The van der Waals surface area contributed by atoms with Gasteiger partial charge in [0.05, 0.1) is 12.7 Å². The molecule has 1 aliphatic carbocycles. The van der Waals surface area contributed by atoms with E-state index < -0.39 is 0 Å². The van der Waals surface area contributed by atoms with Gasteiger partial charge in [0.25, 0.3) is 0 Å². The first-order valence-corrected chi connectivity index (χ1v) is 8.44. The molecule has 0 aromatic heterocycles. The van der Waals surface area contributed by atoms with E-state index in [1.807, 2.05) is 0 Å². The zero-order valence-electron chi connectivity index (χ0n) is 13.1. The SMILES string of the molecule is CC1CC(OCC(CBr)C(C)(C)C)CC(C)(C)C1. The summed E-state index contributed by atoms with van der Waals surface area (Å²) in [6, 6.07) is 0. The summed E-state index contributed by atoms with van der Waals surface area (Å²) >= 11 is 3.63. The maximum Gasteiger partial charge on any atom is 0.0582 e. The monoisotopic (exact) mass is 318 g/mol. The van der Waals surface area contributed by atoms with Gasteiger partial charge in [-0.25, -0.2) is 0 Å². The normalized spacial score (nSPS) is 30.2. The van der Waals surface area contributed by atoms with Gasteiger partial charge in [-0.05, 0) is 41.9 Å². The molecule has 1 saturated carbocycles. The average Bonchev–Trinajstić information content (AvgIpc) is 2.12. The van der Waals surface area contributed by atoms with Crippen molar-refractivity contribution in [3.8, 4) is 0 Å². The third-order valence-electron chi connectivity index (χ3n) is 4.29. The van der Waals surface area contributed by atoms with Crippen LogP contribution >= 0.6 is 15.9 Å². The molecule has 3 unspecified atom stereocenters. The molecule has 0 aliphatic heterocycles. The van der Waals surface area contributed by atoms with Crippen LogP contribution in [0.2, 0.25) is 0 Å². The van der Waals surface area contributed by atoms with E-state index in [0.29, 0.717) is 22.9 Å². The summed E-state index contributed by atoms with van der Waals surface area (Å²) in [4.78, 5) is 0. The van der Waals surface area contributed by atoms with Crippen molar-refractivity contribution in [1.82, 2.24) is 0 Å². The van der Waals surface area contributed by atoms with Gasteiger partial charge < -0.3 is 4.74 Å². The van der Waals surface area contributed by atoms with Crippen molar-refractivity contribution in [2.24, 2.45) is 22.7 Å². The van der Waals surface area contributed by atoms with Gasteiger partial charge in [-0.15, -0.1) is 0 Å². The number of ether oxygens (including phenoxy) is 1. The second kappa shape index (κ2) is 6.26. The lowest BCUT2D eigenvalue weighted by Crippen LogP contribution is -2.35. The smallest absolute Gasteiger partial charge is 0.0582 e. The number of alkyl halides is 1. The maximum atomic E-state index is 6.24. The molecule has 3 atom stereocenters. The molecule has 0 aromatic carbocycles. The van der Waals surface area contributed by atoms with Crippen LogP contribution in [0.3, 0.4) is 0 Å². The molecule has 0 radical (unpaired) electrons. The van der Waals surface area contributed by atoms with Crippen LogP contribution in [0.1, 0.15) is 60.8 Å². The van der Waals surface area contributed by atoms with Gasteiger partial charge in [0, 0.05) is 5.33 Å². The van der Waals surface area contributed by atoms with Crippen LogP contribution in [-0.2, 0) is 4.74 Å². The molecule has 0 aromatic rings. The fourth-order valence-corrected chi connectivity index (χ4v) is 4.32. The minimum atomic E-state index is 0.319. The Bertz CT molecular complexity index is 254. The highest BCUT2D eigenvalue weighted by Gasteiger charge is 2.33. The Morgan fingerprint density at radius 3 is 2.33 bits per heavy atom. The summed E-state index contributed by atoms with van der Waals surface area (Å²) in [5.41, 5.74) is 0.771. The molecule has 1 fully saturated rings. The topological polar surface area (TPSA) is 9.23 Å². The van der Waals surface area contributed by atoms with Crippen LogP contribution < -0.4 is 0 Å². The molecule has 108 valence electrons. The van der Waals surface area contributed by atoms with Crippen LogP contribution in [0, 0.1) is 22.7 Å². The molecule has 0 saturated heterocycles. The second-order valence-corrected chi connectivity index (χ2v) is 8.73. The fraction of sp³-hybridized carbons (Fsp3) is 1.00. The summed E-state index contributed by atoms with van der Waals surface area (Å²) in [5, 5.41) is 1.03. The molecule has 0 heterocycles. The second-order valence-electron chi connectivity index (χ2n) is 8.09. The van der Waals surface area contributed by atoms with Crippen molar-refractivity contribution < 1.29 is 4.74 Å². The number of hydrogen-bond donors (Lipinski definition) is 0. The predicted octanol–water partition coefficient (Wildman–Crippen LogP) is 5.28. The van der Waals surface area contributed by atoms with Crippen molar-refractivity contribution in [3.05, 3.63) is 0 Å². The zero-order chi connectivity index (χ0) is 14.0. The lowest BCUT2D eigenvalue weighted by Gasteiger charge is -2.40. The Kier molecular flexibility index (Phi) is 5.74. The summed E-state index contributed by atoms with van der Waals surface area (Å²) in [5.74, 6) is 1.40. The molecule has 0 N–H and O–H groups in total. The minimum absolute atomic E-state index is 0.319. The average molecular weight is 319 g/mol. The summed E-state index contributed by atoms with van der Waals surface area (Å²) in [6.07, 6.45) is 4.26. The van der Waals surface area contributed by atoms with Crippen molar-refractivity contribution in [2.75, 3.05) is 11.9 Å². The van der Waals surface area contributed by atoms with Crippen molar-refractivity contribution in [3.63, 3.8) is 0 Å². The van der Waals surface area contributed by atoms with Crippen LogP contribution in [0.5, 0.6) is 0 Å². The van der Waals surface area contributed by atoms with Gasteiger partial charge in [-0.3, -0.25) is 0 Å². The molecule has 0 amide bonds. The van der Waals surface area contributed by atoms with Gasteiger partial charge in [-0.2, -0.15) is 0 Å². The predicted molar refractivity (Wildman–Crippen MR) is 83.3 cm³/mol. The molecule has 0 spiro atoms. The molecule has 1 aliphatic rings. The van der Waals surface area contributed by atoms with Gasteiger partial charge in [0.1, 0.15) is 0 Å². The van der Waals surface area contributed by atoms with E-state index in [-0.39, 0.29) is 0 Å². The number of rotatable bonds is 4. The van der Waals surface area contributed by atoms with Gasteiger partial charge in [-0.1, -0.05) is 57.5 Å². The molecule has 2 heteroatoms. The Morgan fingerprint density at radius 2 is 1.89 bits per heavy atom. The highest BCUT2D eigenvalue weighted by Crippen LogP contribution is 2.40. The summed E-state index contributed by atoms with van der Waals surface area (Å²) in [6.45, 7) is 14.9. The van der Waals surface area contributed by atoms with E-state index in [1.54, 1.807) is 0 Å². The molecule has 0 bridgehead atoms. The largest absolute Gasteiger partial charge is 0.378 e. The minimum Gasteiger partial charge on any atom is -0.378 e. The Morgan fingerprint density at radius 1 is 1.28 bits per heavy atom. The Labute approximate surface area is 122 Å². The third kappa shape index (κ3) is 5.21.